The standard InChI is InChI=1S/C19H17BrClFN2O2/c1-19(2,3)16(18(25)26)24-15-7-5-11(20)9-14(15)23-17(24)10-4-6-13(22)12(21)8-10/h4-9,16H,1-3H3,(H,25,26). The zero-order valence-corrected chi connectivity index (χ0v) is 16.8. The smallest absolute Gasteiger partial charge is 0.327 e. The van der Waals surface area contributed by atoms with Crippen molar-refractivity contribution in [2.45, 2.75) is 26.8 Å². The molecule has 136 valence electrons. The number of imidazole rings is 1. The fraction of sp³-hybridized carbons (Fsp3) is 0.263. The number of aromatic nitrogens is 2. The van der Waals surface area contributed by atoms with Gasteiger partial charge in [-0.15, -0.1) is 0 Å². The molecule has 0 aliphatic rings. The maximum Gasteiger partial charge on any atom is 0.327 e. The van der Waals surface area contributed by atoms with E-state index in [-0.39, 0.29) is 5.02 Å². The van der Waals surface area contributed by atoms with Gasteiger partial charge in [0.2, 0.25) is 0 Å². The number of fused-ring (bicyclic) bond motifs is 1. The van der Waals surface area contributed by atoms with Crippen LogP contribution in [0.25, 0.3) is 22.4 Å². The van der Waals surface area contributed by atoms with Gasteiger partial charge in [-0.1, -0.05) is 48.3 Å². The quantitative estimate of drug-likeness (QED) is 0.550. The first kappa shape index (κ1) is 18.9. The molecule has 1 N–H and O–H groups in total. The number of nitrogens with zero attached hydrogens (tertiary/aromatic N) is 2. The lowest BCUT2D eigenvalue weighted by molar-refractivity contribution is -0.144. The number of hydrogen-bond donors (Lipinski definition) is 1. The van der Waals surface area contributed by atoms with Gasteiger partial charge in [0, 0.05) is 10.0 Å². The Morgan fingerprint density at radius 1 is 1.27 bits per heavy atom. The second-order valence-corrected chi connectivity index (χ2v) is 8.50. The second kappa shape index (κ2) is 6.67. The maximum atomic E-state index is 13.6. The molecule has 0 saturated carbocycles. The van der Waals surface area contributed by atoms with Gasteiger partial charge < -0.3 is 9.67 Å². The van der Waals surface area contributed by atoms with E-state index in [2.05, 4.69) is 20.9 Å². The van der Waals surface area contributed by atoms with Crippen LogP contribution in [0, 0.1) is 11.2 Å². The van der Waals surface area contributed by atoms with E-state index >= 15 is 0 Å². The maximum absolute atomic E-state index is 13.6. The van der Waals surface area contributed by atoms with Gasteiger partial charge in [-0.3, -0.25) is 0 Å². The van der Waals surface area contributed by atoms with Crippen LogP contribution in [0.15, 0.2) is 40.9 Å². The first-order valence-corrected chi connectivity index (χ1v) is 9.12. The Morgan fingerprint density at radius 3 is 2.54 bits per heavy atom. The molecule has 0 radical (unpaired) electrons. The van der Waals surface area contributed by atoms with Gasteiger partial charge in [-0.25, -0.2) is 14.2 Å². The largest absolute Gasteiger partial charge is 0.480 e. The summed E-state index contributed by atoms with van der Waals surface area (Å²) >= 11 is 9.35. The van der Waals surface area contributed by atoms with Crippen LogP contribution in [0.2, 0.25) is 5.02 Å². The third-order valence-corrected chi connectivity index (χ3v) is 4.92. The minimum absolute atomic E-state index is 0.0371. The van der Waals surface area contributed by atoms with Crippen molar-refractivity contribution in [3.05, 3.63) is 51.7 Å². The fourth-order valence-corrected chi connectivity index (χ4v) is 3.57. The van der Waals surface area contributed by atoms with E-state index in [1.54, 1.807) is 10.6 Å². The molecule has 0 spiro atoms. The molecular formula is C19H17BrClFN2O2. The molecular weight excluding hydrogens is 423 g/mol. The van der Waals surface area contributed by atoms with Crippen LogP contribution in [-0.4, -0.2) is 20.6 Å². The highest BCUT2D eigenvalue weighted by Crippen LogP contribution is 2.38. The first-order valence-electron chi connectivity index (χ1n) is 7.95. The molecule has 0 aliphatic carbocycles. The molecule has 1 aromatic heterocycles. The third-order valence-electron chi connectivity index (χ3n) is 4.14. The highest BCUT2D eigenvalue weighted by molar-refractivity contribution is 9.10. The van der Waals surface area contributed by atoms with Gasteiger partial charge in [0.05, 0.1) is 16.1 Å². The molecule has 26 heavy (non-hydrogen) atoms. The number of rotatable bonds is 3. The number of carboxylic acid groups (broad SMARTS) is 1. The van der Waals surface area contributed by atoms with Gasteiger partial charge in [0.1, 0.15) is 17.7 Å². The van der Waals surface area contributed by atoms with Crippen molar-refractivity contribution >= 4 is 44.5 Å². The van der Waals surface area contributed by atoms with E-state index in [9.17, 15) is 14.3 Å². The van der Waals surface area contributed by atoms with Crippen molar-refractivity contribution in [3.63, 3.8) is 0 Å². The lowest BCUT2D eigenvalue weighted by Crippen LogP contribution is -2.32. The minimum Gasteiger partial charge on any atom is -0.480 e. The number of carbonyl (C=O) groups is 1. The Hall–Kier alpha value is -1.92. The predicted molar refractivity (Wildman–Crippen MR) is 104 cm³/mol. The summed E-state index contributed by atoms with van der Waals surface area (Å²) in [7, 11) is 0. The molecule has 2 aromatic carbocycles. The molecule has 0 bridgehead atoms. The summed E-state index contributed by atoms with van der Waals surface area (Å²) in [5.74, 6) is -1.07. The number of hydrogen-bond acceptors (Lipinski definition) is 2. The molecule has 0 fully saturated rings. The van der Waals surface area contributed by atoms with E-state index in [1.165, 1.54) is 12.1 Å². The monoisotopic (exact) mass is 438 g/mol. The molecule has 3 aromatic rings. The number of carboxylic acids is 1. The van der Waals surface area contributed by atoms with Gasteiger partial charge in [0.15, 0.2) is 0 Å². The van der Waals surface area contributed by atoms with Gasteiger partial charge in [0.25, 0.3) is 0 Å². The SMILES string of the molecule is CC(C)(C)C(C(=O)O)n1c(-c2ccc(F)c(Cl)c2)nc2cc(Br)ccc21. The Balaban J connectivity index is 2.38. The minimum atomic E-state index is -0.964. The van der Waals surface area contributed by atoms with Crippen molar-refractivity contribution in [2.75, 3.05) is 0 Å². The third kappa shape index (κ3) is 3.35. The summed E-state index contributed by atoms with van der Waals surface area (Å²) < 4.78 is 16.1. The van der Waals surface area contributed by atoms with E-state index in [4.69, 9.17) is 11.6 Å². The number of benzene rings is 2. The lowest BCUT2D eigenvalue weighted by atomic mass is 9.86. The molecule has 1 unspecified atom stereocenters. The van der Waals surface area contributed by atoms with E-state index in [1.807, 2.05) is 39.0 Å². The molecule has 0 aliphatic heterocycles. The topological polar surface area (TPSA) is 55.1 Å². The Labute approximate surface area is 163 Å². The van der Waals surface area contributed by atoms with Crippen LogP contribution < -0.4 is 0 Å². The molecule has 4 nitrogen and oxygen atoms in total. The van der Waals surface area contributed by atoms with E-state index in [0.29, 0.717) is 22.4 Å². The highest BCUT2D eigenvalue weighted by atomic mass is 79.9. The zero-order valence-electron chi connectivity index (χ0n) is 14.4. The Morgan fingerprint density at radius 2 is 1.96 bits per heavy atom. The summed E-state index contributed by atoms with van der Waals surface area (Å²) in [6, 6.07) is 8.88. The lowest BCUT2D eigenvalue weighted by Gasteiger charge is -2.30. The average Bonchev–Trinajstić information content (AvgIpc) is 2.86. The molecule has 0 saturated heterocycles. The number of aliphatic carboxylic acids is 1. The average molecular weight is 440 g/mol. The van der Waals surface area contributed by atoms with Crippen LogP contribution >= 0.6 is 27.5 Å². The normalized spacial score (nSPS) is 13.2. The molecule has 3 rings (SSSR count). The van der Waals surface area contributed by atoms with Crippen molar-refractivity contribution < 1.29 is 14.3 Å². The summed E-state index contributed by atoms with van der Waals surface area (Å²) in [4.78, 5) is 16.7. The van der Waals surface area contributed by atoms with Crippen molar-refractivity contribution in [1.82, 2.24) is 9.55 Å². The molecule has 1 atom stereocenters. The summed E-state index contributed by atoms with van der Waals surface area (Å²) in [5.41, 5.74) is 1.31. The van der Waals surface area contributed by atoms with Crippen LogP contribution in [-0.2, 0) is 4.79 Å². The van der Waals surface area contributed by atoms with Crippen LogP contribution in [0.1, 0.15) is 26.8 Å². The fourth-order valence-electron chi connectivity index (χ4n) is 3.04. The second-order valence-electron chi connectivity index (χ2n) is 7.17. The van der Waals surface area contributed by atoms with E-state index in [0.717, 1.165) is 4.47 Å². The Bertz CT molecular complexity index is 1010. The van der Waals surface area contributed by atoms with Crippen molar-refractivity contribution in [2.24, 2.45) is 5.41 Å². The van der Waals surface area contributed by atoms with Crippen LogP contribution in [0.5, 0.6) is 0 Å². The number of halogens is 3. The summed E-state index contributed by atoms with van der Waals surface area (Å²) in [6.45, 7) is 5.58. The van der Waals surface area contributed by atoms with Gasteiger partial charge in [-0.2, -0.15) is 0 Å². The van der Waals surface area contributed by atoms with Crippen molar-refractivity contribution in [1.29, 1.82) is 0 Å². The van der Waals surface area contributed by atoms with Crippen LogP contribution in [0.4, 0.5) is 4.39 Å². The molecule has 7 heteroatoms. The highest BCUT2D eigenvalue weighted by Gasteiger charge is 2.36. The molecule has 0 amide bonds. The summed E-state index contributed by atoms with van der Waals surface area (Å²) in [5, 5.41) is 9.88. The first-order chi connectivity index (χ1) is 12.1. The Kier molecular flexibility index (Phi) is 4.84. The van der Waals surface area contributed by atoms with Gasteiger partial charge in [-0.05, 0) is 41.8 Å². The predicted octanol–water partition coefficient (Wildman–Crippen LogP) is 5.93. The summed E-state index contributed by atoms with van der Waals surface area (Å²) in [6.07, 6.45) is 0. The van der Waals surface area contributed by atoms with Crippen molar-refractivity contribution in [3.8, 4) is 11.4 Å². The van der Waals surface area contributed by atoms with E-state index < -0.39 is 23.2 Å². The zero-order chi connectivity index (χ0) is 19.2. The van der Waals surface area contributed by atoms with Crippen LogP contribution in [0.3, 0.4) is 0 Å². The van der Waals surface area contributed by atoms with Gasteiger partial charge >= 0.3 is 5.97 Å². The molecule has 1 heterocycles.